The van der Waals surface area contributed by atoms with E-state index in [1.54, 1.807) is 0 Å². The molecular weight excluding hydrogens is 172 g/mol. The standard InChI is InChI=1S/C13H22O/c1-7-10-11(9(2)3)8-14-12(10)13(4,5)6/h8-9H,7H2,1-6H3. The Balaban J connectivity index is 3.21. The third-order valence-corrected chi connectivity index (χ3v) is 2.58. The Labute approximate surface area is 87.5 Å². The Morgan fingerprint density at radius 1 is 1.29 bits per heavy atom. The highest BCUT2D eigenvalue weighted by Gasteiger charge is 2.24. The molecule has 0 aliphatic carbocycles. The normalized spacial score (nSPS) is 12.5. The number of rotatable bonds is 2. The molecular formula is C13H22O. The molecule has 1 nitrogen and oxygen atoms in total. The molecule has 0 aromatic carbocycles. The van der Waals surface area contributed by atoms with E-state index in [9.17, 15) is 0 Å². The van der Waals surface area contributed by atoms with Crippen LogP contribution in [0.15, 0.2) is 10.7 Å². The molecule has 0 atom stereocenters. The molecule has 0 aliphatic heterocycles. The Kier molecular flexibility index (Phi) is 3.08. The van der Waals surface area contributed by atoms with Crippen LogP contribution in [0.3, 0.4) is 0 Å². The third-order valence-electron chi connectivity index (χ3n) is 2.58. The van der Waals surface area contributed by atoms with E-state index in [1.165, 1.54) is 11.1 Å². The zero-order valence-electron chi connectivity index (χ0n) is 10.3. The molecule has 0 saturated heterocycles. The van der Waals surface area contributed by atoms with E-state index in [4.69, 9.17) is 4.42 Å². The summed E-state index contributed by atoms with van der Waals surface area (Å²) in [6.07, 6.45) is 3.00. The van der Waals surface area contributed by atoms with Gasteiger partial charge in [-0.3, -0.25) is 0 Å². The zero-order chi connectivity index (χ0) is 10.9. The molecule has 0 radical (unpaired) electrons. The van der Waals surface area contributed by atoms with Crippen LogP contribution >= 0.6 is 0 Å². The molecule has 1 rings (SSSR count). The van der Waals surface area contributed by atoms with E-state index in [2.05, 4.69) is 41.5 Å². The van der Waals surface area contributed by atoms with E-state index < -0.39 is 0 Å². The molecule has 0 fully saturated rings. The van der Waals surface area contributed by atoms with Crippen molar-refractivity contribution in [3.8, 4) is 0 Å². The molecule has 0 bridgehead atoms. The molecule has 0 saturated carbocycles. The summed E-state index contributed by atoms with van der Waals surface area (Å²) in [6.45, 7) is 13.2. The summed E-state index contributed by atoms with van der Waals surface area (Å²) in [6, 6.07) is 0. The maximum absolute atomic E-state index is 5.71. The van der Waals surface area contributed by atoms with Gasteiger partial charge >= 0.3 is 0 Å². The van der Waals surface area contributed by atoms with Crippen molar-refractivity contribution in [2.45, 2.75) is 59.3 Å². The van der Waals surface area contributed by atoms with Gasteiger partial charge in [-0.05, 0) is 23.5 Å². The van der Waals surface area contributed by atoms with Crippen molar-refractivity contribution in [3.63, 3.8) is 0 Å². The summed E-state index contributed by atoms with van der Waals surface area (Å²) in [5.41, 5.74) is 2.91. The van der Waals surface area contributed by atoms with Crippen LogP contribution in [0.4, 0.5) is 0 Å². The third kappa shape index (κ3) is 2.02. The van der Waals surface area contributed by atoms with Gasteiger partial charge in [0, 0.05) is 5.41 Å². The summed E-state index contributed by atoms with van der Waals surface area (Å²) in [4.78, 5) is 0. The average Bonchev–Trinajstić information content (AvgIpc) is 2.45. The molecule has 1 aromatic heterocycles. The van der Waals surface area contributed by atoms with Gasteiger partial charge in [0.25, 0.3) is 0 Å². The minimum Gasteiger partial charge on any atom is -0.468 e. The number of hydrogen-bond acceptors (Lipinski definition) is 1. The summed E-state index contributed by atoms with van der Waals surface area (Å²) in [5, 5.41) is 0. The van der Waals surface area contributed by atoms with Crippen molar-refractivity contribution in [2.24, 2.45) is 0 Å². The van der Waals surface area contributed by atoms with Crippen molar-refractivity contribution >= 4 is 0 Å². The molecule has 1 heterocycles. The smallest absolute Gasteiger partial charge is 0.112 e. The quantitative estimate of drug-likeness (QED) is 0.685. The van der Waals surface area contributed by atoms with Crippen molar-refractivity contribution in [1.82, 2.24) is 0 Å². The molecule has 0 aliphatic rings. The van der Waals surface area contributed by atoms with E-state index in [-0.39, 0.29) is 5.41 Å². The molecule has 0 amide bonds. The first-order valence-electron chi connectivity index (χ1n) is 5.48. The predicted molar refractivity (Wildman–Crippen MR) is 60.9 cm³/mol. The van der Waals surface area contributed by atoms with Crippen molar-refractivity contribution in [3.05, 3.63) is 23.2 Å². The van der Waals surface area contributed by atoms with Gasteiger partial charge in [-0.15, -0.1) is 0 Å². The minimum atomic E-state index is 0.123. The first kappa shape index (κ1) is 11.4. The second-order valence-corrected chi connectivity index (χ2v) is 5.26. The topological polar surface area (TPSA) is 13.1 Å². The van der Waals surface area contributed by atoms with Gasteiger partial charge in [-0.25, -0.2) is 0 Å². The molecule has 0 unspecified atom stereocenters. The maximum atomic E-state index is 5.71. The predicted octanol–water partition coefficient (Wildman–Crippen LogP) is 4.26. The van der Waals surface area contributed by atoms with Crippen LogP contribution in [0.1, 0.15) is 64.3 Å². The average molecular weight is 194 g/mol. The fourth-order valence-electron chi connectivity index (χ4n) is 1.87. The Bertz CT molecular complexity index is 300. The van der Waals surface area contributed by atoms with E-state index in [0.717, 1.165) is 12.2 Å². The molecule has 0 N–H and O–H groups in total. The van der Waals surface area contributed by atoms with Gasteiger partial charge in [0.15, 0.2) is 0 Å². The maximum Gasteiger partial charge on any atom is 0.112 e. The van der Waals surface area contributed by atoms with E-state index in [1.807, 2.05) is 6.26 Å². The minimum absolute atomic E-state index is 0.123. The van der Waals surface area contributed by atoms with Crippen molar-refractivity contribution in [2.75, 3.05) is 0 Å². The summed E-state index contributed by atoms with van der Waals surface area (Å²) in [5.74, 6) is 1.72. The second-order valence-electron chi connectivity index (χ2n) is 5.26. The van der Waals surface area contributed by atoms with Crippen LogP contribution in [0.25, 0.3) is 0 Å². The fraction of sp³-hybridized carbons (Fsp3) is 0.692. The van der Waals surface area contributed by atoms with E-state index in [0.29, 0.717) is 5.92 Å². The van der Waals surface area contributed by atoms with Gasteiger partial charge in [-0.1, -0.05) is 41.5 Å². The first-order valence-corrected chi connectivity index (χ1v) is 5.48. The highest BCUT2D eigenvalue weighted by molar-refractivity contribution is 5.34. The molecule has 14 heavy (non-hydrogen) atoms. The fourth-order valence-corrected chi connectivity index (χ4v) is 1.87. The molecule has 1 heteroatoms. The van der Waals surface area contributed by atoms with Crippen LogP contribution < -0.4 is 0 Å². The number of furan rings is 1. The lowest BCUT2D eigenvalue weighted by Crippen LogP contribution is -2.12. The van der Waals surface area contributed by atoms with Gasteiger partial charge in [0.2, 0.25) is 0 Å². The molecule has 0 spiro atoms. The Morgan fingerprint density at radius 2 is 1.86 bits per heavy atom. The first-order chi connectivity index (χ1) is 6.38. The highest BCUT2D eigenvalue weighted by atomic mass is 16.3. The summed E-state index contributed by atoms with van der Waals surface area (Å²) < 4.78 is 5.71. The van der Waals surface area contributed by atoms with Gasteiger partial charge in [0.05, 0.1) is 6.26 Å². The Morgan fingerprint density at radius 3 is 2.21 bits per heavy atom. The van der Waals surface area contributed by atoms with Crippen molar-refractivity contribution in [1.29, 1.82) is 0 Å². The van der Waals surface area contributed by atoms with Crippen LogP contribution in [-0.2, 0) is 11.8 Å². The number of hydrogen-bond donors (Lipinski definition) is 0. The lowest BCUT2D eigenvalue weighted by Gasteiger charge is -2.17. The monoisotopic (exact) mass is 194 g/mol. The lowest BCUT2D eigenvalue weighted by molar-refractivity contribution is 0.404. The lowest BCUT2D eigenvalue weighted by atomic mass is 9.87. The SMILES string of the molecule is CCc1c(C(C)C)coc1C(C)(C)C. The Hall–Kier alpha value is -0.720. The molecule has 80 valence electrons. The van der Waals surface area contributed by atoms with E-state index >= 15 is 0 Å². The zero-order valence-corrected chi connectivity index (χ0v) is 10.3. The van der Waals surface area contributed by atoms with Gasteiger partial charge in [0.1, 0.15) is 5.76 Å². The summed E-state index contributed by atoms with van der Waals surface area (Å²) >= 11 is 0. The van der Waals surface area contributed by atoms with Crippen LogP contribution in [0.2, 0.25) is 0 Å². The van der Waals surface area contributed by atoms with Crippen LogP contribution in [0, 0.1) is 0 Å². The van der Waals surface area contributed by atoms with Crippen LogP contribution in [-0.4, -0.2) is 0 Å². The van der Waals surface area contributed by atoms with Crippen LogP contribution in [0.5, 0.6) is 0 Å². The highest BCUT2D eigenvalue weighted by Crippen LogP contribution is 2.33. The largest absolute Gasteiger partial charge is 0.468 e. The van der Waals surface area contributed by atoms with Gasteiger partial charge in [-0.2, -0.15) is 0 Å². The van der Waals surface area contributed by atoms with Gasteiger partial charge < -0.3 is 4.42 Å². The molecule has 1 aromatic rings. The second kappa shape index (κ2) is 3.80. The summed E-state index contributed by atoms with van der Waals surface area (Å²) in [7, 11) is 0. The van der Waals surface area contributed by atoms with Crippen molar-refractivity contribution < 1.29 is 4.42 Å².